The van der Waals surface area contributed by atoms with Crippen molar-refractivity contribution < 1.29 is 4.74 Å². The summed E-state index contributed by atoms with van der Waals surface area (Å²) in [7, 11) is 0. The van der Waals surface area contributed by atoms with Gasteiger partial charge in [0.2, 0.25) is 0 Å². The van der Waals surface area contributed by atoms with Gasteiger partial charge in [0.25, 0.3) is 0 Å². The first-order valence-corrected chi connectivity index (χ1v) is 6.20. The highest BCUT2D eigenvalue weighted by atomic mass is 16.5. The highest BCUT2D eigenvalue weighted by molar-refractivity contribution is 4.94. The van der Waals surface area contributed by atoms with E-state index in [0.717, 1.165) is 13.2 Å². The number of nitrogens with one attached hydrogen (secondary N) is 1. The maximum absolute atomic E-state index is 5.22. The zero-order chi connectivity index (χ0) is 11.1. The lowest BCUT2D eigenvalue weighted by Crippen LogP contribution is -2.54. The molecule has 0 unspecified atom stereocenters. The average Bonchev–Trinajstić information content (AvgIpc) is 1.90. The molecule has 1 saturated heterocycles. The van der Waals surface area contributed by atoms with Gasteiger partial charge in [-0.3, -0.25) is 0 Å². The first kappa shape index (κ1) is 11.4. The average molecular weight is 211 g/mol. The van der Waals surface area contributed by atoms with E-state index in [1.807, 2.05) is 0 Å². The third kappa shape index (κ3) is 2.94. The van der Waals surface area contributed by atoms with Crippen LogP contribution in [0.5, 0.6) is 0 Å². The first-order chi connectivity index (χ1) is 6.86. The molecule has 0 atom stereocenters. The lowest BCUT2D eigenvalue weighted by molar-refractivity contribution is -0.0226. The minimum absolute atomic E-state index is 0.490. The van der Waals surface area contributed by atoms with E-state index >= 15 is 0 Å². The molecular weight excluding hydrogens is 186 g/mol. The van der Waals surface area contributed by atoms with Crippen molar-refractivity contribution in [2.45, 2.75) is 59.0 Å². The van der Waals surface area contributed by atoms with E-state index in [2.05, 4.69) is 33.0 Å². The molecule has 88 valence electrons. The predicted octanol–water partition coefficient (Wildman–Crippen LogP) is 2.58. The number of rotatable bonds is 2. The van der Waals surface area contributed by atoms with Gasteiger partial charge in [-0.2, -0.15) is 0 Å². The molecule has 0 aromatic rings. The van der Waals surface area contributed by atoms with Gasteiger partial charge in [0.1, 0.15) is 0 Å². The molecule has 0 bridgehead atoms. The van der Waals surface area contributed by atoms with Crippen LogP contribution in [0.25, 0.3) is 0 Å². The summed E-state index contributed by atoms with van der Waals surface area (Å²) in [6, 6.07) is 1.32. The monoisotopic (exact) mass is 211 g/mol. The fraction of sp³-hybridized carbons (Fsp3) is 1.00. The van der Waals surface area contributed by atoms with E-state index in [0.29, 0.717) is 22.9 Å². The summed E-state index contributed by atoms with van der Waals surface area (Å²) < 4.78 is 5.22. The Hall–Kier alpha value is -0.0800. The molecule has 2 aliphatic rings. The highest BCUT2D eigenvalue weighted by Gasteiger charge is 2.39. The van der Waals surface area contributed by atoms with Crippen molar-refractivity contribution in [3.63, 3.8) is 0 Å². The van der Waals surface area contributed by atoms with Gasteiger partial charge < -0.3 is 10.1 Å². The molecule has 1 aliphatic heterocycles. The van der Waals surface area contributed by atoms with E-state index in [-0.39, 0.29) is 0 Å². The summed E-state index contributed by atoms with van der Waals surface area (Å²) in [6.45, 7) is 11.4. The van der Waals surface area contributed by atoms with Crippen LogP contribution in [0.15, 0.2) is 0 Å². The highest BCUT2D eigenvalue weighted by Crippen LogP contribution is 2.45. The Kier molecular flexibility index (Phi) is 2.85. The molecule has 1 N–H and O–H groups in total. The maximum atomic E-state index is 5.22. The molecule has 0 aromatic heterocycles. The zero-order valence-corrected chi connectivity index (χ0v) is 10.6. The van der Waals surface area contributed by atoms with Gasteiger partial charge in [0, 0.05) is 6.04 Å². The molecule has 0 aromatic carbocycles. The van der Waals surface area contributed by atoms with Crippen LogP contribution in [0.1, 0.15) is 47.0 Å². The van der Waals surface area contributed by atoms with Crippen LogP contribution in [0, 0.1) is 10.8 Å². The summed E-state index contributed by atoms with van der Waals surface area (Å²) in [5.41, 5.74) is 0.980. The van der Waals surface area contributed by atoms with Crippen LogP contribution in [0.3, 0.4) is 0 Å². The third-order valence-electron chi connectivity index (χ3n) is 3.66. The van der Waals surface area contributed by atoms with Crippen molar-refractivity contribution in [1.82, 2.24) is 5.32 Å². The van der Waals surface area contributed by atoms with Crippen molar-refractivity contribution in [2.24, 2.45) is 10.8 Å². The number of ether oxygens (including phenoxy) is 1. The van der Waals surface area contributed by atoms with Gasteiger partial charge in [-0.15, -0.1) is 0 Å². The van der Waals surface area contributed by atoms with E-state index in [1.54, 1.807) is 0 Å². The Bertz CT molecular complexity index is 215. The van der Waals surface area contributed by atoms with Gasteiger partial charge in [-0.05, 0) is 30.1 Å². The Morgan fingerprint density at radius 3 is 1.87 bits per heavy atom. The summed E-state index contributed by atoms with van der Waals surface area (Å²) in [5, 5.41) is 3.74. The SMILES string of the molecule is CC1(C)CC(NC2COC2)CC(C)(C)C1. The Morgan fingerprint density at radius 1 is 0.933 bits per heavy atom. The minimum Gasteiger partial charge on any atom is -0.378 e. The second kappa shape index (κ2) is 3.74. The largest absolute Gasteiger partial charge is 0.378 e. The van der Waals surface area contributed by atoms with Crippen LogP contribution in [-0.4, -0.2) is 25.3 Å². The lowest BCUT2D eigenvalue weighted by Gasteiger charge is -2.47. The topological polar surface area (TPSA) is 21.3 Å². The normalized spacial score (nSPS) is 31.2. The van der Waals surface area contributed by atoms with E-state index in [1.165, 1.54) is 19.3 Å². The van der Waals surface area contributed by atoms with Gasteiger partial charge >= 0.3 is 0 Å². The summed E-state index contributed by atoms with van der Waals surface area (Å²) >= 11 is 0. The van der Waals surface area contributed by atoms with Gasteiger partial charge in [-0.25, -0.2) is 0 Å². The smallest absolute Gasteiger partial charge is 0.0643 e. The molecule has 1 heterocycles. The van der Waals surface area contributed by atoms with Crippen LogP contribution in [0.4, 0.5) is 0 Å². The fourth-order valence-corrected chi connectivity index (χ4v) is 3.63. The van der Waals surface area contributed by atoms with Gasteiger partial charge in [-0.1, -0.05) is 27.7 Å². The third-order valence-corrected chi connectivity index (χ3v) is 3.66. The van der Waals surface area contributed by atoms with Crippen molar-refractivity contribution in [3.8, 4) is 0 Å². The molecule has 0 spiro atoms. The molecule has 2 fully saturated rings. The molecule has 1 saturated carbocycles. The van der Waals surface area contributed by atoms with Crippen molar-refractivity contribution in [1.29, 1.82) is 0 Å². The van der Waals surface area contributed by atoms with Gasteiger partial charge in [0.05, 0.1) is 19.3 Å². The Balaban J connectivity index is 1.93. The minimum atomic E-state index is 0.490. The van der Waals surface area contributed by atoms with E-state index < -0.39 is 0 Å². The predicted molar refractivity (Wildman–Crippen MR) is 62.9 cm³/mol. The molecular formula is C13H25NO. The summed E-state index contributed by atoms with van der Waals surface area (Å²) in [4.78, 5) is 0. The Morgan fingerprint density at radius 2 is 1.47 bits per heavy atom. The standard InChI is InChI=1S/C13H25NO/c1-12(2)5-10(6-13(3,4)9-12)14-11-7-15-8-11/h10-11,14H,5-9H2,1-4H3. The van der Waals surface area contributed by atoms with Crippen LogP contribution in [0.2, 0.25) is 0 Å². The Labute approximate surface area is 93.8 Å². The molecule has 2 heteroatoms. The van der Waals surface area contributed by atoms with Crippen molar-refractivity contribution in [3.05, 3.63) is 0 Å². The maximum Gasteiger partial charge on any atom is 0.0643 e. The van der Waals surface area contributed by atoms with E-state index in [4.69, 9.17) is 4.74 Å². The molecule has 2 nitrogen and oxygen atoms in total. The number of hydrogen-bond donors (Lipinski definition) is 1. The van der Waals surface area contributed by atoms with Crippen molar-refractivity contribution >= 4 is 0 Å². The van der Waals surface area contributed by atoms with Gasteiger partial charge in [0.15, 0.2) is 0 Å². The van der Waals surface area contributed by atoms with Crippen LogP contribution >= 0.6 is 0 Å². The van der Waals surface area contributed by atoms with E-state index in [9.17, 15) is 0 Å². The summed E-state index contributed by atoms with van der Waals surface area (Å²) in [5.74, 6) is 0. The molecule has 0 amide bonds. The summed E-state index contributed by atoms with van der Waals surface area (Å²) in [6.07, 6.45) is 3.97. The zero-order valence-electron chi connectivity index (χ0n) is 10.6. The lowest BCUT2D eigenvalue weighted by atomic mass is 9.63. The molecule has 0 radical (unpaired) electrons. The molecule has 2 rings (SSSR count). The van der Waals surface area contributed by atoms with Crippen LogP contribution < -0.4 is 5.32 Å². The first-order valence-electron chi connectivity index (χ1n) is 6.20. The fourth-order valence-electron chi connectivity index (χ4n) is 3.63. The van der Waals surface area contributed by atoms with Crippen LogP contribution in [-0.2, 0) is 4.74 Å². The molecule has 15 heavy (non-hydrogen) atoms. The number of hydrogen-bond acceptors (Lipinski definition) is 2. The molecule has 1 aliphatic carbocycles. The van der Waals surface area contributed by atoms with Crippen molar-refractivity contribution in [2.75, 3.05) is 13.2 Å². The second-order valence-electron chi connectivity index (χ2n) is 7.01. The second-order valence-corrected chi connectivity index (χ2v) is 7.01. The quantitative estimate of drug-likeness (QED) is 0.758.